The summed E-state index contributed by atoms with van der Waals surface area (Å²) >= 11 is 0. The molecule has 3 fully saturated rings. The topological polar surface area (TPSA) is 40.6 Å². The molecule has 0 amide bonds. The van der Waals surface area contributed by atoms with Gasteiger partial charge in [-0.1, -0.05) is 12.1 Å². The van der Waals surface area contributed by atoms with Crippen molar-refractivity contribution in [3.05, 3.63) is 35.6 Å². The maximum absolute atomic E-state index is 13.0. The zero-order valence-corrected chi connectivity index (χ0v) is 14.6. The van der Waals surface area contributed by atoms with Crippen molar-refractivity contribution in [1.82, 2.24) is 9.21 Å². The molecule has 2 atom stereocenters. The maximum atomic E-state index is 13.0. The third kappa shape index (κ3) is 3.59. The average molecular weight is 340 g/mol. The normalized spacial score (nSPS) is 26.6. The molecule has 0 spiro atoms. The van der Waals surface area contributed by atoms with Crippen molar-refractivity contribution in [2.45, 2.75) is 44.5 Å². The van der Waals surface area contributed by atoms with Crippen LogP contribution in [0.4, 0.5) is 4.39 Å². The van der Waals surface area contributed by atoms with Crippen LogP contribution in [0, 0.1) is 11.7 Å². The lowest BCUT2D eigenvalue weighted by molar-refractivity contribution is 0.224. The van der Waals surface area contributed by atoms with Crippen molar-refractivity contribution < 1.29 is 12.8 Å². The summed E-state index contributed by atoms with van der Waals surface area (Å²) in [5.41, 5.74) is 1.07. The fourth-order valence-electron chi connectivity index (χ4n) is 3.70. The van der Waals surface area contributed by atoms with E-state index < -0.39 is 10.0 Å². The van der Waals surface area contributed by atoms with Gasteiger partial charge in [0.2, 0.25) is 10.0 Å². The predicted molar refractivity (Wildman–Crippen MR) is 89.0 cm³/mol. The van der Waals surface area contributed by atoms with Crippen LogP contribution in [0.2, 0.25) is 0 Å². The minimum atomic E-state index is -3.20. The number of hydrogen-bond donors (Lipinski definition) is 0. The molecule has 128 valence electrons. The van der Waals surface area contributed by atoms with Crippen molar-refractivity contribution >= 4 is 10.0 Å². The second-order valence-electron chi connectivity index (χ2n) is 7.08. The maximum Gasteiger partial charge on any atom is 0.216 e. The first-order valence-corrected chi connectivity index (χ1v) is 9.84. The molecule has 0 N–H and O–H groups in total. The summed E-state index contributed by atoms with van der Waals surface area (Å²) in [5.74, 6) is 0.168. The van der Waals surface area contributed by atoms with Gasteiger partial charge < -0.3 is 0 Å². The van der Waals surface area contributed by atoms with Gasteiger partial charge in [0.15, 0.2) is 0 Å². The summed E-state index contributed by atoms with van der Waals surface area (Å²) in [7, 11) is -3.20. The van der Waals surface area contributed by atoms with Crippen LogP contribution >= 0.6 is 0 Å². The Morgan fingerprint density at radius 2 is 1.83 bits per heavy atom. The molecule has 0 unspecified atom stereocenters. The first-order valence-electron chi connectivity index (χ1n) is 8.33. The van der Waals surface area contributed by atoms with Crippen molar-refractivity contribution in [3.8, 4) is 0 Å². The summed E-state index contributed by atoms with van der Waals surface area (Å²) in [4.78, 5) is 2.32. The standard InChI is InChI=1S/C17H25FN2O2S/c1-13(2)23(21,22)20-11-15-5-8-17(20)12-19(10-15)9-14-3-6-16(18)7-4-14/h3-4,6-7,13,15,17H,5,8-12H2,1-2H3/t15-,17+/m0/s1. The number of benzene rings is 1. The molecule has 0 aliphatic carbocycles. The monoisotopic (exact) mass is 340 g/mol. The first kappa shape index (κ1) is 16.9. The van der Waals surface area contributed by atoms with Gasteiger partial charge in [0, 0.05) is 32.2 Å². The van der Waals surface area contributed by atoms with E-state index >= 15 is 0 Å². The Hall–Kier alpha value is -0.980. The largest absolute Gasteiger partial charge is 0.297 e. The molecule has 4 rings (SSSR count). The van der Waals surface area contributed by atoms with Crippen LogP contribution in [-0.2, 0) is 16.6 Å². The van der Waals surface area contributed by atoms with Crippen molar-refractivity contribution in [2.75, 3.05) is 19.6 Å². The van der Waals surface area contributed by atoms with E-state index in [1.165, 1.54) is 12.1 Å². The van der Waals surface area contributed by atoms with Crippen LogP contribution < -0.4 is 0 Å². The molecule has 3 aliphatic rings. The Morgan fingerprint density at radius 1 is 1.13 bits per heavy atom. The average Bonchev–Trinajstić information content (AvgIpc) is 2.80. The van der Waals surface area contributed by atoms with E-state index in [1.54, 1.807) is 18.2 Å². The smallest absolute Gasteiger partial charge is 0.216 e. The van der Waals surface area contributed by atoms with Gasteiger partial charge in [-0.2, -0.15) is 4.31 Å². The molecule has 0 radical (unpaired) electrons. The summed E-state index contributed by atoms with van der Waals surface area (Å²) in [5, 5.41) is -0.368. The van der Waals surface area contributed by atoms with Gasteiger partial charge in [-0.15, -0.1) is 0 Å². The molecule has 0 aromatic heterocycles. The molecule has 1 aromatic carbocycles. The van der Waals surface area contributed by atoms with Gasteiger partial charge in [-0.3, -0.25) is 4.90 Å². The fraction of sp³-hybridized carbons (Fsp3) is 0.647. The molecular formula is C17H25FN2O2S. The van der Waals surface area contributed by atoms with Gasteiger partial charge in [0.05, 0.1) is 5.25 Å². The molecule has 1 aromatic rings. The molecule has 3 heterocycles. The number of piperidine rings is 1. The molecule has 0 saturated carbocycles. The minimum Gasteiger partial charge on any atom is -0.297 e. The summed E-state index contributed by atoms with van der Waals surface area (Å²) in [6, 6.07) is 6.66. The highest BCUT2D eigenvalue weighted by Gasteiger charge is 2.41. The van der Waals surface area contributed by atoms with Crippen LogP contribution in [-0.4, -0.2) is 48.5 Å². The van der Waals surface area contributed by atoms with Crippen molar-refractivity contribution in [2.24, 2.45) is 5.92 Å². The van der Waals surface area contributed by atoms with Crippen molar-refractivity contribution in [3.63, 3.8) is 0 Å². The van der Waals surface area contributed by atoms with Gasteiger partial charge in [-0.25, -0.2) is 12.8 Å². The van der Waals surface area contributed by atoms with Crippen molar-refractivity contribution in [1.29, 1.82) is 0 Å². The molecular weight excluding hydrogens is 315 g/mol. The Labute approximate surface area is 138 Å². The zero-order chi connectivity index (χ0) is 16.6. The molecule has 6 heteroatoms. The molecule has 4 nitrogen and oxygen atoms in total. The van der Waals surface area contributed by atoms with Gasteiger partial charge in [0.25, 0.3) is 0 Å². The van der Waals surface area contributed by atoms with Crippen LogP contribution in [0.5, 0.6) is 0 Å². The van der Waals surface area contributed by atoms with E-state index in [-0.39, 0.29) is 17.1 Å². The molecule has 23 heavy (non-hydrogen) atoms. The van der Waals surface area contributed by atoms with Gasteiger partial charge >= 0.3 is 0 Å². The highest BCUT2D eigenvalue weighted by atomic mass is 32.2. The van der Waals surface area contributed by atoms with E-state index in [9.17, 15) is 12.8 Å². The third-order valence-electron chi connectivity index (χ3n) is 4.98. The second kappa shape index (κ2) is 6.49. The molecule has 2 bridgehead atoms. The van der Waals surface area contributed by atoms with Gasteiger partial charge in [-0.05, 0) is 50.3 Å². The summed E-state index contributed by atoms with van der Waals surface area (Å²) in [6.45, 7) is 6.58. The number of sulfonamides is 1. The summed E-state index contributed by atoms with van der Waals surface area (Å²) in [6.07, 6.45) is 2.03. The SMILES string of the molecule is CC(C)S(=O)(=O)N1C[C@H]2CC[C@@H]1CN(Cc1ccc(F)cc1)C2. The number of nitrogens with zero attached hydrogens (tertiary/aromatic N) is 2. The van der Waals surface area contributed by atoms with Crippen LogP contribution in [0.3, 0.4) is 0 Å². The Balaban J connectivity index is 1.75. The molecule has 3 aliphatic heterocycles. The summed E-state index contributed by atoms with van der Waals surface area (Å²) < 4.78 is 40.0. The van der Waals surface area contributed by atoms with E-state index in [2.05, 4.69) is 4.90 Å². The Morgan fingerprint density at radius 3 is 2.48 bits per heavy atom. The van der Waals surface area contributed by atoms with Crippen LogP contribution in [0.1, 0.15) is 32.3 Å². The number of hydrogen-bond acceptors (Lipinski definition) is 3. The van der Waals surface area contributed by atoms with E-state index in [4.69, 9.17) is 0 Å². The van der Waals surface area contributed by atoms with Crippen LogP contribution in [0.25, 0.3) is 0 Å². The van der Waals surface area contributed by atoms with Crippen LogP contribution in [0.15, 0.2) is 24.3 Å². The lowest BCUT2D eigenvalue weighted by atomic mass is 9.97. The lowest BCUT2D eigenvalue weighted by Crippen LogP contribution is -2.49. The number of rotatable bonds is 4. The Kier molecular flexibility index (Phi) is 4.76. The first-order chi connectivity index (χ1) is 10.9. The second-order valence-corrected chi connectivity index (χ2v) is 9.52. The fourth-order valence-corrected chi connectivity index (χ4v) is 5.24. The number of fused-ring (bicyclic) bond motifs is 4. The quantitative estimate of drug-likeness (QED) is 0.845. The lowest BCUT2D eigenvalue weighted by Gasteiger charge is -2.36. The van der Waals surface area contributed by atoms with E-state index in [1.807, 2.05) is 12.1 Å². The van der Waals surface area contributed by atoms with Gasteiger partial charge in [0.1, 0.15) is 5.82 Å². The Bertz CT molecular complexity index is 645. The third-order valence-corrected chi connectivity index (χ3v) is 7.27. The van der Waals surface area contributed by atoms with E-state index in [0.29, 0.717) is 12.5 Å². The molecule has 3 saturated heterocycles. The zero-order valence-electron chi connectivity index (χ0n) is 13.8. The predicted octanol–water partition coefficient (Wildman–Crippen LogP) is 2.46. The number of halogens is 1. The van der Waals surface area contributed by atoms with E-state index in [0.717, 1.165) is 38.0 Å². The minimum absolute atomic E-state index is 0.0709. The highest BCUT2D eigenvalue weighted by Crippen LogP contribution is 2.31. The highest BCUT2D eigenvalue weighted by molar-refractivity contribution is 7.89.